The first-order valence-corrected chi connectivity index (χ1v) is 7.09. The molecule has 0 N–H and O–H groups in total. The van der Waals surface area contributed by atoms with Gasteiger partial charge in [0.2, 0.25) is 0 Å². The average molecular weight is 254 g/mol. The number of ether oxygens (including phenoxy) is 1. The molecule has 0 heterocycles. The van der Waals surface area contributed by atoms with Gasteiger partial charge in [-0.2, -0.15) is 0 Å². The maximum Gasteiger partial charge on any atom is 0.333 e. The molecule has 106 valence electrons. The van der Waals surface area contributed by atoms with E-state index in [9.17, 15) is 4.79 Å². The van der Waals surface area contributed by atoms with Crippen molar-refractivity contribution in [1.29, 1.82) is 0 Å². The Morgan fingerprint density at radius 3 is 1.83 bits per heavy atom. The van der Waals surface area contributed by atoms with E-state index in [2.05, 4.69) is 48.1 Å². The molecular formula is C16H30O2. The molecule has 0 aromatic heterocycles. The Labute approximate surface area is 113 Å². The highest BCUT2D eigenvalue weighted by atomic mass is 16.5. The molecule has 0 saturated carbocycles. The van der Waals surface area contributed by atoms with Gasteiger partial charge in [0.25, 0.3) is 0 Å². The van der Waals surface area contributed by atoms with Crippen LogP contribution < -0.4 is 0 Å². The smallest absolute Gasteiger partial charge is 0.333 e. The lowest BCUT2D eigenvalue weighted by molar-refractivity contribution is -0.160. The van der Waals surface area contributed by atoms with Gasteiger partial charge in [0.05, 0.1) is 0 Å². The Bertz CT molecular complexity index is 285. The number of rotatable bonds is 7. The van der Waals surface area contributed by atoms with Gasteiger partial charge in [0, 0.05) is 11.0 Å². The normalized spacial score (nSPS) is 13.8. The fraction of sp³-hybridized carbons (Fsp3) is 0.812. The van der Waals surface area contributed by atoms with Crippen molar-refractivity contribution in [1.82, 2.24) is 0 Å². The summed E-state index contributed by atoms with van der Waals surface area (Å²) in [7, 11) is 0. The maximum absolute atomic E-state index is 11.8. The minimum Gasteiger partial charge on any atom is -0.458 e. The van der Waals surface area contributed by atoms with Crippen LogP contribution in [0.1, 0.15) is 61.3 Å². The first-order chi connectivity index (χ1) is 8.22. The molecule has 0 aliphatic carbocycles. The molecule has 0 aliphatic rings. The third kappa shape index (κ3) is 3.60. The van der Waals surface area contributed by atoms with Crippen LogP contribution in [0, 0.1) is 17.3 Å². The van der Waals surface area contributed by atoms with E-state index in [1.165, 1.54) is 0 Å². The van der Waals surface area contributed by atoms with E-state index in [4.69, 9.17) is 4.74 Å². The van der Waals surface area contributed by atoms with E-state index >= 15 is 0 Å². The third-order valence-corrected chi connectivity index (χ3v) is 4.22. The van der Waals surface area contributed by atoms with E-state index in [0.29, 0.717) is 17.4 Å². The topological polar surface area (TPSA) is 26.3 Å². The third-order valence-electron chi connectivity index (χ3n) is 4.22. The second-order valence-corrected chi connectivity index (χ2v) is 5.95. The van der Waals surface area contributed by atoms with Gasteiger partial charge in [-0.05, 0) is 31.6 Å². The highest BCUT2D eigenvalue weighted by Crippen LogP contribution is 2.43. The summed E-state index contributed by atoms with van der Waals surface area (Å²) in [5, 5.41) is 0. The zero-order chi connectivity index (χ0) is 14.5. The van der Waals surface area contributed by atoms with E-state index in [1.807, 2.05) is 0 Å². The van der Waals surface area contributed by atoms with Crippen LogP contribution >= 0.6 is 0 Å². The second-order valence-electron chi connectivity index (χ2n) is 5.95. The number of esters is 1. The number of carbonyl (C=O) groups excluding carboxylic acids is 1. The summed E-state index contributed by atoms with van der Waals surface area (Å²) in [6.45, 7) is 18.4. The fourth-order valence-corrected chi connectivity index (χ4v) is 2.93. The molecule has 0 amide bonds. The molecule has 18 heavy (non-hydrogen) atoms. The molecule has 0 aromatic rings. The summed E-state index contributed by atoms with van der Waals surface area (Å²) >= 11 is 0. The fourth-order valence-electron chi connectivity index (χ4n) is 2.93. The van der Waals surface area contributed by atoms with Crippen LogP contribution in [-0.4, -0.2) is 12.1 Å². The van der Waals surface area contributed by atoms with Crippen molar-refractivity contribution in [2.75, 3.05) is 0 Å². The minimum absolute atomic E-state index is 0.0447. The molecule has 0 spiro atoms. The van der Waals surface area contributed by atoms with Crippen molar-refractivity contribution in [3.05, 3.63) is 12.2 Å². The standard InChI is InChI=1S/C16H30O2/c1-9-16(10-2,13(7)8)14(11(3)4)18-15(17)12(5)6/h11,13-14H,5,9-10H2,1-4,6-8H3. The molecule has 0 aromatic carbocycles. The first-order valence-electron chi connectivity index (χ1n) is 7.09. The summed E-state index contributed by atoms with van der Waals surface area (Å²) in [5.74, 6) is 0.536. The largest absolute Gasteiger partial charge is 0.458 e. The molecule has 0 bridgehead atoms. The molecule has 0 aliphatic heterocycles. The zero-order valence-electron chi connectivity index (χ0n) is 13.2. The quantitative estimate of drug-likeness (QED) is 0.490. The Balaban J connectivity index is 5.30. The van der Waals surface area contributed by atoms with Gasteiger partial charge in [-0.3, -0.25) is 0 Å². The molecule has 0 radical (unpaired) electrons. The molecular weight excluding hydrogens is 224 g/mol. The summed E-state index contributed by atoms with van der Waals surface area (Å²) in [6, 6.07) is 0. The van der Waals surface area contributed by atoms with Crippen LogP contribution in [0.15, 0.2) is 12.2 Å². The van der Waals surface area contributed by atoms with Gasteiger partial charge >= 0.3 is 5.97 Å². The molecule has 0 saturated heterocycles. The minimum atomic E-state index is -0.263. The maximum atomic E-state index is 11.8. The Kier molecular flexibility index (Phi) is 6.66. The highest BCUT2D eigenvalue weighted by molar-refractivity contribution is 5.87. The lowest BCUT2D eigenvalue weighted by atomic mass is 9.66. The lowest BCUT2D eigenvalue weighted by Crippen LogP contribution is -2.45. The van der Waals surface area contributed by atoms with Gasteiger partial charge in [-0.25, -0.2) is 4.79 Å². The van der Waals surface area contributed by atoms with Crippen LogP contribution in [0.3, 0.4) is 0 Å². The van der Waals surface area contributed by atoms with Crippen LogP contribution in [-0.2, 0) is 9.53 Å². The van der Waals surface area contributed by atoms with E-state index in [1.54, 1.807) is 6.92 Å². The lowest BCUT2D eigenvalue weighted by Gasteiger charge is -2.44. The van der Waals surface area contributed by atoms with Gasteiger partial charge in [-0.15, -0.1) is 0 Å². The van der Waals surface area contributed by atoms with Crippen molar-refractivity contribution in [3.8, 4) is 0 Å². The predicted octanol–water partition coefficient (Wildman–Crippen LogP) is 4.59. The van der Waals surface area contributed by atoms with E-state index in [0.717, 1.165) is 12.8 Å². The number of carbonyl (C=O) groups is 1. The second kappa shape index (κ2) is 6.96. The number of hydrogen-bond acceptors (Lipinski definition) is 2. The molecule has 0 rings (SSSR count). The Hall–Kier alpha value is -0.790. The van der Waals surface area contributed by atoms with E-state index in [-0.39, 0.29) is 17.5 Å². The van der Waals surface area contributed by atoms with Gasteiger partial charge in [0.15, 0.2) is 0 Å². The Morgan fingerprint density at radius 1 is 1.17 bits per heavy atom. The molecule has 2 heteroatoms. The van der Waals surface area contributed by atoms with Crippen LogP contribution in [0.5, 0.6) is 0 Å². The van der Waals surface area contributed by atoms with Crippen molar-refractivity contribution in [2.24, 2.45) is 17.3 Å². The summed E-state index contributed by atoms with van der Waals surface area (Å²) in [5.41, 5.74) is 0.532. The van der Waals surface area contributed by atoms with Crippen LogP contribution in [0.2, 0.25) is 0 Å². The van der Waals surface area contributed by atoms with Crippen molar-refractivity contribution in [2.45, 2.75) is 67.4 Å². The van der Waals surface area contributed by atoms with Crippen LogP contribution in [0.25, 0.3) is 0 Å². The SMILES string of the molecule is C=C(C)C(=O)OC(C(C)C)C(CC)(CC)C(C)C. The van der Waals surface area contributed by atoms with Gasteiger partial charge < -0.3 is 4.74 Å². The van der Waals surface area contributed by atoms with Crippen molar-refractivity contribution >= 4 is 5.97 Å². The molecule has 1 unspecified atom stereocenters. The van der Waals surface area contributed by atoms with Gasteiger partial charge in [-0.1, -0.05) is 48.1 Å². The monoisotopic (exact) mass is 254 g/mol. The van der Waals surface area contributed by atoms with Crippen molar-refractivity contribution in [3.63, 3.8) is 0 Å². The first kappa shape index (κ1) is 17.2. The summed E-state index contributed by atoms with van der Waals surface area (Å²) in [6.07, 6.45) is 2.00. The van der Waals surface area contributed by atoms with Crippen molar-refractivity contribution < 1.29 is 9.53 Å². The Morgan fingerprint density at radius 2 is 1.61 bits per heavy atom. The molecule has 0 fully saturated rings. The summed E-state index contributed by atoms with van der Waals surface area (Å²) < 4.78 is 5.74. The number of hydrogen-bond donors (Lipinski definition) is 0. The van der Waals surface area contributed by atoms with E-state index < -0.39 is 0 Å². The highest BCUT2D eigenvalue weighted by Gasteiger charge is 2.42. The summed E-state index contributed by atoms with van der Waals surface area (Å²) in [4.78, 5) is 11.8. The molecule has 1 atom stereocenters. The average Bonchev–Trinajstić information content (AvgIpc) is 2.28. The predicted molar refractivity (Wildman–Crippen MR) is 77.4 cm³/mol. The zero-order valence-corrected chi connectivity index (χ0v) is 13.2. The molecule has 2 nitrogen and oxygen atoms in total. The van der Waals surface area contributed by atoms with Gasteiger partial charge in [0.1, 0.15) is 6.10 Å². The van der Waals surface area contributed by atoms with Crippen LogP contribution in [0.4, 0.5) is 0 Å².